The second-order valence-electron chi connectivity index (χ2n) is 4.45. The summed E-state index contributed by atoms with van der Waals surface area (Å²) in [5.74, 6) is -2.08. The first-order valence-corrected chi connectivity index (χ1v) is 6.36. The van der Waals surface area contributed by atoms with E-state index in [1.54, 1.807) is 19.1 Å². The van der Waals surface area contributed by atoms with E-state index in [-0.39, 0.29) is 12.1 Å². The van der Waals surface area contributed by atoms with Crippen LogP contribution in [-0.2, 0) is 19.1 Å². The number of amides is 1. The van der Waals surface area contributed by atoms with Crippen LogP contribution in [0.25, 0.3) is 0 Å². The number of nitrogens with zero attached hydrogens (tertiary/aromatic N) is 1. The molecule has 21 heavy (non-hydrogen) atoms. The Morgan fingerprint density at radius 3 is 2.48 bits per heavy atom. The number of carbonyl (C=O) groups excluding carboxylic acids is 3. The first-order chi connectivity index (χ1) is 9.99. The molecule has 0 saturated heterocycles. The van der Waals surface area contributed by atoms with Crippen molar-refractivity contribution >= 4 is 17.8 Å². The lowest BCUT2D eigenvalue weighted by atomic mass is 9.98. The molecular formula is C14H18N2O5. The van der Waals surface area contributed by atoms with Gasteiger partial charge >= 0.3 is 11.9 Å². The average molecular weight is 294 g/mol. The van der Waals surface area contributed by atoms with E-state index in [2.05, 4.69) is 19.8 Å². The number of aromatic nitrogens is 1. The van der Waals surface area contributed by atoms with Crippen LogP contribution in [0.4, 0.5) is 0 Å². The molecule has 2 atom stereocenters. The zero-order valence-corrected chi connectivity index (χ0v) is 12.2. The second-order valence-corrected chi connectivity index (χ2v) is 4.45. The molecular weight excluding hydrogens is 276 g/mol. The highest BCUT2D eigenvalue weighted by Gasteiger charge is 2.30. The molecule has 0 bridgehead atoms. The van der Waals surface area contributed by atoms with Crippen molar-refractivity contribution in [1.82, 2.24) is 10.3 Å². The molecule has 0 fully saturated rings. The Kier molecular flexibility index (Phi) is 6.32. The number of carbonyl (C=O) groups is 3. The average Bonchev–Trinajstić information content (AvgIpc) is 2.52. The summed E-state index contributed by atoms with van der Waals surface area (Å²) >= 11 is 0. The van der Waals surface area contributed by atoms with Gasteiger partial charge in [-0.2, -0.15) is 0 Å². The predicted octanol–water partition coefficient (Wildman–Crippen LogP) is 0.552. The number of ether oxygens (including phenoxy) is 2. The van der Waals surface area contributed by atoms with Gasteiger partial charge in [0.05, 0.1) is 20.6 Å². The first-order valence-electron chi connectivity index (χ1n) is 6.36. The Morgan fingerprint density at radius 1 is 1.24 bits per heavy atom. The van der Waals surface area contributed by atoms with Crippen molar-refractivity contribution in [3.05, 3.63) is 30.1 Å². The summed E-state index contributed by atoms with van der Waals surface area (Å²) in [6.07, 6.45) is 1.46. The van der Waals surface area contributed by atoms with Crippen LogP contribution in [-0.4, -0.2) is 43.1 Å². The monoisotopic (exact) mass is 294 g/mol. The zero-order valence-electron chi connectivity index (χ0n) is 12.2. The van der Waals surface area contributed by atoms with Gasteiger partial charge in [-0.25, -0.2) is 4.79 Å². The van der Waals surface area contributed by atoms with Crippen LogP contribution in [0.15, 0.2) is 24.4 Å². The highest BCUT2D eigenvalue weighted by atomic mass is 16.5. The number of hydrogen-bond acceptors (Lipinski definition) is 6. The third-order valence-electron chi connectivity index (χ3n) is 2.92. The van der Waals surface area contributed by atoms with Gasteiger partial charge in [0, 0.05) is 6.20 Å². The van der Waals surface area contributed by atoms with Gasteiger partial charge in [0.1, 0.15) is 11.7 Å². The van der Waals surface area contributed by atoms with E-state index < -0.39 is 29.8 Å². The maximum absolute atomic E-state index is 12.0. The van der Waals surface area contributed by atoms with E-state index in [0.717, 1.165) is 0 Å². The fraction of sp³-hybridized carbons (Fsp3) is 0.429. The first kappa shape index (κ1) is 16.6. The lowest BCUT2D eigenvalue weighted by Crippen LogP contribution is -2.46. The van der Waals surface area contributed by atoms with Crippen molar-refractivity contribution in [2.45, 2.75) is 19.4 Å². The minimum Gasteiger partial charge on any atom is -0.469 e. The SMILES string of the molecule is COC(=O)C[C@H](C)[C@@H](NC(=O)c1ccccn1)C(=O)OC. The summed E-state index contributed by atoms with van der Waals surface area (Å²) in [6, 6.07) is 3.90. The quantitative estimate of drug-likeness (QED) is 0.770. The van der Waals surface area contributed by atoms with Crippen LogP contribution >= 0.6 is 0 Å². The Labute approximate surface area is 122 Å². The number of esters is 2. The lowest BCUT2D eigenvalue weighted by molar-refractivity contribution is -0.146. The molecule has 0 aromatic carbocycles. The largest absolute Gasteiger partial charge is 0.469 e. The van der Waals surface area contributed by atoms with E-state index in [1.807, 2.05) is 0 Å². The van der Waals surface area contributed by atoms with E-state index in [9.17, 15) is 14.4 Å². The van der Waals surface area contributed by atoms with Crippen molar-refractivity contribution < 1.29 is 23.9 Å². The van der Waals surface area contributed by atoms with Gasteiger partial charge in [-0.15, -0.1) is 0 Å². The third kappa shape index (κ3) is 4.87. The number of hydrogen-bond donors (Lipinski definition) is 1. The van der Waals surface area contributed by atoms with Crippen molar-refractivity contribution in [2.75, 3.05) is 14.2 Å². The van der Waals surface area contributed by atoms with Gasteiger partial charge in [0.2, 0.25) is 0 Å². The molecule has 1 heterocycles. The van der Waals surface area contributed by atoms with Crippen LogP contribution in [0.5, 0.6) is 0 Å². The molecule has 0 unspecified atom stereocenters. The molecule has 1 aromatic heterocycles. The minimum absolute atomic E-state index is 0.0151. The van der Waals surface area contributed by atoms with Gasteiger partial charge in [-0.1, -0.05) is 13.0 Å². The summed E-state index contributed by atoms with van der Waals surface area (Å²) in [6.45, 7) is 1.65. The smallest absolute Gasteiger partial charge is 0.328 e. The predicted molar refractivity (Wildman–Crippen MR) is 73.3 cm³/mol. The number of pyridine rings is 1. The van der Waals surface area contributed by atoms with Crippen LogP contribution in [0.2, 0.25) is 0 Å². The molecule has 0 aliphatic heterocycles. The minimum atomic E-state index is -0.955. The number of nitrogens with one attached hydrogen (secondary N) is 1. The molecule has 0 aliphatic rings. The van der Waals surface area contributed by atoms with E-state index >= 15 is 0 Å². The normalized spacial score (nSPS) is 12.9. The molecule has 0 radical (unpaired) electrons. The molecule has 0 spiro atoms. The van der Waals surface area contributed by atoms with Gasteiger partial charge in [-0.3, -0.25) is 14.6 Å². The molecule has 1 N–H and O–H groups in total. The van der Waals surface area contributed by atoms with Gasteiger partial charge in [0.25, 0.3) is 5.91 Å². The van der Waals surface area contributed by atoms with Gasteiger partial charge in [0.15, 0.2) is 0 Å². The molecule has 7 heteroatoms. The highest BCUT2D eigenvalue weighted by molar-refractivity contribution is 5.95. The molecule has 1 aromatic rings. The van der Waals surface area contributed by atoms with E-state index in [4.69, 9.17) is 0 Å². The Hall–Kier alpha value is -2.44. The highest BCUT2D eigenvalue weighted by Crippen LogP contribution is 2.11. The summed E-state index contributed by atoms with van der Waals surface area (Å²) in [7, 11) is 2.47. The van der Waals surface area contributed by atoms with Crippen molar-refractivity contribution in [1.29, 1.82) is 0 Å². The molecule has 114 valence electrons. The van der Waals surface area contributed by atoms with E-state index in [0.29, 0.717) is 0 Å². The third-order valence-corrected chi connectivity index (χ3v) is 2.92. The van der Waals surface area contributed by atoms with Crippen LogP contribution in [0, 0.1) is 5.92 Å². The Balaban J connectivity index is 2.81. The standard InChI is InChI=1S/C14H18N2O5/c1-9(8-11(17)20-2)12(14(19)21-3)16-13(18)10-6-4-5-7-15-10/h4-7,9,12H,8H2,1-3H3,(H,16,18)/t9-,12+/m0/s1. The summed E-state index contributed by atoms with van der Waals surface area (Å²) in [5, 5.41) is 2.53. The van der Waals surface area contributed by atoms with Gasteiger partial charge < -0.3 is 14.8 Å². The lowest BCUT2D eigenvalue weighted by Gasteiger charge is -2.21. The molecule has 1 amide bonds. The Morgan fingerprint density at radius 2 is 1.95 bits per heavy atom. The van der Waals surface area contributed by atoms with Crippen molar-refractivity contribution in [2.24, 2.45) is 5.92 Å². The van der Waals surface area contributed by atoms with Crippen molar-refractivity contribution in [3.8, 4) is 0 Å². The summed E-state index contributed by atoms with van der Waals surface area (Å²) in [4.78, 5) is 39.0. The van der Waals surface area contributed by atoms with Crippen LogP contribution in [0.1, 0.15) is 23.8 Å². The molecule has 1 rings (SSSR count). The summed E-state index contributed by atoms with van der Waals surface area (Å²) in [5.41, 5.74) is 0.177. The molecule has 0 saturated carbocycles. The Bertz CT molecular complexity index is 503. The van der Waals surface area contributed by atoms with Gasteiger partial charge in [-0.05, 0) is 18.1 Å². The number of methoxy groups -OCH3 is 2. The molecule has 7 nitrogen and oxygen atoms in total. The maximum Gasteiger partial charge on any atom is 0.328 e. The summed E-state index contributed by atoms with van der Waals surface area (Å²) < 4.78 is 9.22. The fourth-order valence-corrected chi connectivity index (χ4v) is 1.74. The topological polar surface area (TPSA) is 94.6 Å². The number of rotatable bonds is 6. The fourth-order valence-electron chi connectivity index (χ4n) is 1.74. The maximum atomic E-state index is 12.0. The van der Waals surface area contributed by atoms with Crippen molar-refractivity contribution in [3.63, 3.8) is 0 Å². The van der Waals surface area contributed by atoms with Crippen LogP contribution in [0.3, 0.4) is 0 Å². The zero-order chi connectivity index (χ0) is 15.8. The van der Waals surface area contributed by atoms with Crippen LogP contribution < -0.4 is 5.32 Å². The second kappa shape index (κ2) is 7.98. The molecule has 0 aliphatic carbocycles. The van der Waals surface area contributed by atoms with E-state index in [1.165, 1.54) is 26.5 Å².